The number of thiophene rings is 1. The maximum atomic E-state index is 8.92. The van der Waals surface area contributed by atoms with Crippen molar-refractivity contribution in [1.82, 2.24) is 4.98 Å². The van der Waals surface area contributed by atoms with Crippen LogP contribution in [0.25, 0.3) is 0 Å². The van der Waals surface area contributed by atoms with E-state index in [9.17, 15) is 0 Å². The molecule has 3 aromatic rings. The van der Waals surface area contributed by atoms with Crippen LogP contribution in [-0.2, 0) is 13.2 Å². The predicted molar refractivity (Wildman–Crippen MR) is 107 cm³/mol. The molecule has 0 atom stereocenters. The lowest BCUT2D eigenvalue weighted by Crippen LogP contribution is -2.23. The van der Waals surface area contributed by atoms with Gasteiger partial charge in [-0.2, -0.15) is 5.26 Å². The van der Waals surface area contributed by atoms with E-state index in [1.165, 1.54) is 4.88 Å². The first-order valence-electron chi connectivity index (χ1n) is 8.66. The molecule has 0 amide bonds. The van der Waals surface area contributed by atoms with Gasteiger partial charge in [0.2, 0.25) is 0 Å². The Labute approximate surface area is 163 Å². The molecule has 0 saturated carbocycles. The molecule has 0 aliphatic rings. The second kappa shape index (κ2) is 9.06. The Balaban J connectivity index is 1.72. The summed E-state index contributed by atoms with van der Waals surface area (Å²) in [5.41, 5.74) is 1.66. The van der Waals surface area contributed by atoms with Crippen molar-refractivity contribution in [3.8, 4) is 17.6 Å². The van der Waals surface area contributed by atoms with E-state index in [2.05, 4.69) is 28.9 Å². The van der Waals surface area contributed by atoms with Gasteiger partial charge in [0, 0.05) is 24.2 Å². The van der Waals surface area contributed by atoms with E-state index in [-0.39, 0.29) is 0 Å². The molecule has 5 nitrogen and oxygen atoms in total. The van der Waals surface area contributed by atoms with Crippen LogP contribution >= 0.6 is 11.3 Å². The summed E-state index contributed by atoms with van der Waals surface area (Å²) in [6, 6.07) is 15.8. The van der Waals surface area contributed by atoms with E-state index < -0.39 is 0 Å². The molecule has 2 aromatic heterocycles. The number of rotatable bonds is 8. The summed E-state index contributed by atoms with van der Waals surface area (Å²) in [6.07, 6.45) is 1.60. The molecule has 3 rings (SSSR count). The van der Waals surface area contributed by atoms with Crippen molar-refractivity contribution < 1.29 is 9.47 Å². The summed E-state index contributed by atoms with van der Waals surface area (Å²) in [4.78, 5) is 7.70. The highest BCUT2D eigenvalue weighted by Crippen LogP contribution is 2.30. The summed E-state index contributed by atoms with van der Waals surface area (Å²) < 4.78 is 11.4. The molecule has 0 spiro atoms. The Hall–Kier alpha value is -3.04. The van der Waals surface area contributed by atoms with Crippen molar-refractivity contribution >= 4 is 17.2 Å². The zero-order valence-electron chi connectivity index (χ0n) is 15.4. The van der Waals surface area contributed by atoms with Crippen molar-refractivity contribution in [2.75, 3.05) is 18.6 Å². The van der Waals surface area contributed by atoms with Crippen LogP contribution in [-0.4, -0.2) is 18.6 Å². The van der Waals surface area contributed by atoms with Gasteiger partial charge in [0.05, 0.1) is 12.7 Å². The minimum Gasteiger partial charge on any atom is -0.493 e. The number of aromatic nitrogens is 1. The molecule has 0 fully saturated rings. The van der Waals surface area contributed by atoms with Gasteiger partial charge in [0.1, 0.15) is 18.5 Å². The van der Waals surface area contributed by atoms with Crippen LogP contribution in [0.15, 0.2) is 54.0 Å². The summed E-state index contributed by atoms with van der Waals surface area (Å²) in [7, 11) is 1.65. The number of pyridine rings is 1. The van der Waals surface area contributed by atoms with E-state index in [0.717, 1.165) is 23.7 Å². The van der Waals surface area contributed by atoms with Gasteiger partial charge >= 0.3 is 0 Å². The van der Waals surface area contributed by atoms with Crippen LogP contribution < -0.4 is 14.4 Å². The highest BCUT2D eigenvalue weighted by Gasteiger charge is 2.11. The Morgan fingerprint density at radius 3 is 2.70 bits per heavy atom. The van der Waals surface area contributed by atoms with E-state index in [0.29, 0.717) is 24.5 Å². The van der Waals surface area contributed by atoms with Crippen LogP contribution in [0.3, 0.4) is 0 Å². The van der Waals surface area contributed by atoms with Crippen molar-refractivity contribution in [3.63, 3.8) is 0 Å². The zero-order chi connectivity index (χ0) is 19.1. The van der Waals surface area contributed by atoms with Gasteiger partial charge in [-0.1, -0.05) is 12.1 Å². The quantitative estimate of drug-likeness (QED) is 0.571. The molecule has 0 saturated heterocycles. The van der Waals surface area contributed by atoms with Crippen molar-refractivity contribution in [2.24, 2.45) is 0 Å². The number of nitrogens with zero attached hydrogens (tertiary/aromatic N) is 3. The molecule has 0 bridgehead atoms. The molecule has 6 heteroatoms. The third kappa shape index (κ3) is 4.78. The Morgan fingerprint density at radius 1 is 1.19 bits per heavy atom. The van der Waals surface area contributed by atoms with Crippen molar-refractivity contribution in [3.05, 3.63) is 70.0 Å². The highest BCUT2D eigenvalue weighted by molar-refractivity contribution is 7.09. The molecular weight excluding hydrogens is 358 g/mol. The number of nitriles is 1. The second-order valence-electron chi connectivity index (χ2n) is 5.88. The first kappa shape index (κ1) is 18.7. The van der Waals surface area contributed by atoms with Crippen LogP contribution in [0.4, 0.5) is 5.82 Å². The van der Waals surface area contributed by atoms with E-state index >= 15 is 0 Å². The minimum absolute atomic E-state index is 0.531. The molecule has 0 unspecified atom stereocenters. The molecular formula is C21H21N3O2S. The molecule has 27 heavy (non-hydrogen) atoms. The van der Waals surface area contributed by atoms with Crippen LogP contribution in [0.1, 0.15) is 22.9 Å². The summed E-state index contributed by atoms with van der Waals surface area (Å²) >= 11 is 1.67. The highest BCUT2D eigenvalue weighted by atomic mass is 32.1. The topological polar surface area (TPSA) is 58.4 Å². The van der Waals surface area contributed by atoms with Crippen molar-refractivity contribution in [1.29, 1.82) is 5.26 Å². The normalized spacial score (nSPS) is 10.3. The maximum Gasteiger partial charge on any atom is 0.161 e. The van der Waals surface area contributed by atoms with E-state index in [1.54, 1.807) is 30.7 Å². The monoisotopic (exact) mass is 379 g/mol. The average Bonchev–Trinajstić information content (AvgIpc) is 3.24. The number of hydrogen-bond acceptors (Lipinski definition) is 6. The van der Waals surface area contributed by atoms with Gasteiger partial charge in [-0.15, -0.1) is 11.3 Å². The number of methoxy groups -OCH3 is 1. The fourth-order valence-corrected chi connectivity index (χ4v) is 3.30. The lowest BCUT2D eigenvalue weighted by molar-refractivity contribution is 0.287. The van der Waals surface area contributed by atoms with E-state index in [4.69, 9.17) is 14.7 Å². The summed E-state index contributed by atoms with van der Waals surface area (Å²) in [6.45, 7) is 4.11. The molecule has 0 aliphatic heterocycles. The third-order valence-electron chi connectivity index (χ3n) is 4.13. The van der Waals surface area contributed by atoms with Crippen molar-refractivity contribution in [2.45, 2.75) is 20.1 Å². The molecule has 0 radical (unpaired) electrons. The number of benzene rings is 1. The largest absolute Gasteiger partial charge is 0.493 e. The van der Waals surface area contributed by atoms with Gasteiger partial charge in [0.25, 0.3) is 0 Å². The fourth-order valence-electron chi connectivity index (χ4n) is 2.69. The number of hydrogen-bond donors (Lipinski definition) is 0. The fraction of sp³-hybridized carbons (Fsp3) is 0.238. The van der Waals surface area contributed by atoms with Crippen LogP contribution in [0, 0.1) is 11.3 Å². The minimum atomic E-state index is 0.531. The molecule has 1 aromatic carbocycles. The lowest BCUT2D eigenvalue weighted by atomic mass is 10.2. The number of anilines is 1. The molecule has 0 aliphatic carbocycles. The summed E-state index contributed by atoms with van der Waals surface area (Å²) in [5.74, 6) is 2.29. The Kier molecular flexibility index (Phi) is 6.29. The van der Waals surface area contributed by atoms with Gasteiger partial charge in [0.15, 0.2) is 11.5 Å². The summed E-state index contributed by atoms with van der Waals surface area (Å²) in [5, 5.41) is 11.0. The van der Waals surface area contributed by atoms with Gasteiger partial charge in [-0.25, -0.2) is 4.98 Å². The van der Waals surface area contributed by atoms with Crippen LogP contribution in [0.2, 0.25) is 0 Å². The average molecular weight is 379 g/mol. The first-order chi connectivity index (χ1) is 13.2. The van der Waals surface area contributed by atoms with Crippen LogP contribution in [0.5, 0.6) is 11.5 Å². The zero-order valence-corrected chi connectivity index (χ0v) is 16.2. The Bertz CT molecular complexity index is 902. The first-order valence-corrected chi connectivity index (χ1v) is 9.54. The third-order valence-corrected chi connectivity index (χ3v) is 4.98. The SMILES string of the molecule is CCN(Cc1ccc(OCc2cccs2)c(OC)c1)c1ccc(C#N)cn1. The van der Waals surface area contributed by atoms with Gasteiger partial charge in [-0.3, -0.25) is 0 Å². The maximum absolute atomic E-state index is 8.92. The van der Waals surface area contributed by atoms with Gasteiger partial charge in [-0.05, 0) is 48.2 Å². The smallest absolute Gasteiger partial charge is 0.161 e. The van der Waals surface area contributed by atoms with E-state index in [1.807, 2.05) is 35.7 Å². The Morgan fingerprint density at radius 2 is 2.07 bits per heavy atom. The predicted octanol–water partition coefficient (Wildman–Crippen LogP) is 4.63. The molecule has 138 valence electrons. The molecule has 0 N–H and O–H groups in total. The standard InChI is InChI=1S/C21H21N3O2S/c1-3-24(21-9-7-17(12-22)13-23-21)14-16-6-8-19(20(11-16)25-2)26-15-18-5-4-10-27-18/h4-11,13H,3,14-15H2,1-2H3. The lowest BCUT2D eigenvalue weighted by Gasteiger charge is -2.22. The second-order valence-corrected chi connectivity index (χ2v) is 6.92. The number of ether oxygens (including phenoxy) is 2. The van der Waals surface area contributed by atoms with Gasteiger partial charge < -0.3 is 14.4 Å². The molecule has 2 heterocycles.